The van der Waals surface area contributed by atoms with Crippen LogP contribution in [-0.2, 0) is 9.53 Å². The standard InChI is InChI=1S/C13H19N3O3/c1-18-12-8-10(14)2-3-11(12)15-13(17)9-16-4-6-19-7-5-16/h2-3,8H,4-7,9,14H2,1H3,(H,15,17). The number of rotatable bonds is 4. The maximum Gasteiger partial charge on any atom is 0.238 e. The van der Waals surface area contributed by atoms with Gasteiger partial charge in [-0.05, 0) is 12.1 Å². The Labute approximate surface area is 112 Å². The maximum atomic E-state index is 12.0. The van der Waals surface area contributed by atoms with Crippen LogP contribution in [0.2, 0.25) is 0 Å². The predicted octanol–water partition coefficient (Wildman–Crippen LogP) is 0.548. The van der Waals surface area contributed by atoms with Gasteiger partial charge >= 0.3 is 0 Å². The molecule has 0 aromatic heterocycles. The van der Waals surface area contributed by atoms with Gasteiger partial charge in [0.15, 0.2) is 0 Å². The van der Waals surface area contributed by atoms with Crippen LogP contribution in [0.1, 0.15) is 0 Å². The van der Waals surface area contributed by atoms with E-state index in [4.69, 9.17) is 15.2 Å². The zero-order valence-electron chi connectivity index (χ0n) is 11.0. The first-order chi connectivity index (χ1) is 9.19. The smallest absolute Gasteiger partial charge is 0.238 e. The van der Waals surface area contributed by atoms with E-state index in [9.17, 15) is 4.79 Å². The number of ether oxygens (including phenoxy) is 2. The van der Waals surface area contributed by atoms with Crippen LogP contribution in [0.3, 0.4) is 0 Å². The Bertz CT molecular complexity index is 445. The summed E-state index contributed by atoms with van der Waals surface area (Å²) in [6, 6.07) is 5.16. The van der Waals surface area contributed by atoms with Crippen molar-refractivity contribution in [2.75, 3.05) is 51.0 Å². The molecule has 1 heterocycles. The molecular formula is C13H19N3O3. The third-order valence-corrected chi connectivity index (χ3v) is 2.97. The van der Waals surface area contributed by atoms with E-state index in [2.05, 4.69) is 10.2 Å². The van der Waals surface area contributed by atoms with Crippen LogP contribution in [0, 0.1) is 0 Å². The molecular weight excluding hydrogens is 246 g/mol. The molecule has 3 N–H and O–H groups in total. The Morgan fingerprint density at radius 1 is 1.47 bits per heavy atom. The first-order valence-corrected chi connectivity index (χ1v) is 6.22. The van der Waals surface area contributed by atoms with E-state index in [1.54, 1.807) is 25.3 Å². The number of benzene rings is 1. The van der Waals surface area contributed by atoms with Crippen molar-refractivity contribution in [2.24, 2.45) is 0 Å². The average Bonchev–Trinajstić information content (AvgIpc) is 2.42. The summed E-state index contributed by atoms with van der Waals surface area (Å²) in [7, 11) is 1.55. The molecule has 1 aliphatic heterocycles. The van der Waals surface area contributed by atoms with Gasteiger partial charge in [0.05, 0.1) is 32.6 Å². The van der Waals surface area contributed by atoms with Crippen LogP contribution in [0.5, 0.6) is 5.75 Å². The molecule has 2 rings (SSSR count). The molecule has 0 radical (unpaired) electrons. The highest BCUT2D eigenvalue weighted by Gasteiger charge is 2.15. The number of nitrogens with two attached hydrogens (primary N) is 1. The second-order valence-corrected chi connectivity index (χ2v) is 4.40. The Balaban J connectivity index is 1.94. The summed E-state index contributed by atoms with van der Waals surface area (Å²) < 4.78 is 10.4. The number of carbonyl (C=O) groups is 1. The van der Waals surface area contributed by atoms with Gasteiger partial charge in [-0.2, -0.15) is 0 Å². The van der Waals surface area contributed by atoms with Crippen molar-refractivity contribution in [1.82, 2.24) is 4.90 Å². The molecule has 1 aromatic rings. The van der Waals surface area contributed by atoms with Crippen molar-refractivity contribution < 1.29 is 14.3 Å². The van der Waals surface area contributed by atoms with Gasteiger partial charge in [0.25, 0.3) is 0 Å². The third-order valence-electron chi connectivity index (χ3n) is 2.97. The topological polar surface area (TPSA) is 76.8 Å². The van der Waals surface area contributed by atoms with E-state index in [1.807, 2.05) is 0 Å². The van der Waals surface area contributed by atoms with E-state index in [1.165, 1.54) is 0 Å². The van der Waals surface area contributed by atoms with Crippen LogP contribution >= 0.6 is 0 Å². The highest BCUT2D eigenvalue weighted by atomic mass is 16.5. The largest absolute Gasteiger partial charge is 0.494 e. The first kappa shape index (κ1) is 13.6. The number of methoxy groups -OCH3 is 1. The van der Waals surface area contributed by atoms with E-state index >= 15 is 0 Å². The second kappa shape index (κ2) is 6.40. The summed E-state index contributed by atoms with van der Waals surface area (Å²) in [5.41, 5.74) is 6.90. The van der Waals surface area contributed by atoms with Crippen LogP contribution in [-0.4, -0.2) is 50.8 Å². The van der Waals surface area contributed by atoms with E-state index < -0.39 is 0 Å². The molecule has 1 aromatic carbocycles. The van der Waals surface area contributed by atoms with Crippen molar-refractivity contribution in [2.45, 2.75) is 0 Å². The van der Waals surface area contributed by atoms with Gasteiger partial charge in [0.2, 0.25) is 5.91 Å². The minimum absolute atomic E-state index is 0.0648. The fraction of sp³-hybridized carbons (Fsp3) is 0.462. The fourth-order valence-electron chi connectivity index (χ4n) is 1.96. The van der Waals surface area contributed by atoms with E-state index in [0.29, 0.717) is 36.9 Å². The molecule has 1 amide bonds. The molecule has 0 aliphatic carbocycles. The zero-order valence-corrected chi connectivity index (χ0v) is 11.0. The van der Waals surface area contributed by atoms with Crippen molar-refractivity contribution in [3.63, 3.8) is 0 Å². The maximum absolute atomic E-state index is 12.0. The van der Waals surface area contributed by atoms with Gasteiger partial charge < -0.3 is 20.5 Å². The lowest BCUT2D eigenvalue weighted by molar-refractivity contribution is -0.118. The SMILES string of the molecule is COc1cc(N)ccc1NC(=O)CN1CCOCC1. The lowest BCUT2D eigenvalue weighted by Gasteiger charge is -2.25. The average molecular weight is 265 g/mol. The monoisotopic (exact) mass is 265 g/mol. The summed E-state index contributed by atoms with van der Waals surface area (Å²) in [4.78, 5) is 14.0. The van der Waals surface area contributed by atoms with Gasteiger partial charge in [-0.3, -0.25) is 9.69 Å². The normalized spacial score (nSPS) is 16.1. The Kier molecular flexibility index (Phi) is 4.59. The number of anilines is 2. The number of nitrogen functional groups attached to an aromatic ring is 1. The predicted molar refractivity (Wildman–Crippen MR) is 73.3 cm³/mol. The van der Waals surface area contributed by atoms with Gasteiger partial charge in [-0.25, -0.2) is 0 Å². The number of amides is 1. The van der Waals surface area contributed by atoms with Gasteiger partial charge in [-0.15, -0.1) is 0 Å². The molecule has 1 fully saturated rings. The Morgan fingerprint density at radius 2 is 2.21 bits per heavy atom. The number of hydrogen-bond acceptors (Lipinski definition) is 5. The quantitative estimate of drug-likeness (QED) is 0.777. The third kappa shape index (κ3) is 3.84. The minimum Gasteiger partial charge on any atom is -0.494 e. The molecule has 0 bridgehead atoms. The molecule has 104 valence electrons. The zero-order chi connectivity index (χ0) is 13.7. The number of morpholine rings is 1. The molecule has 0 atom stereocenters. The number of carbonyl (C=O) groups excluding carboxylic acids is 1. The highest BCUT2D eigenvalue weighted by Crippen LogP contribution is 2.26. The summed E-state index contributed by atoms with van der Waals surface area (Å²) in [6.07, 6.45) is 0. The summed E-state index contributed by atoms with van der Waals surface area (Å²) in [5, 5.41) is 2.83. The molecule has 0 saturated carbocycles. The highest BCUT2D eigenvalue weighted by molar-refractivity contribution is 5.94. The van der Waals surface area contributed by atoms with E-state index in [-0.39, 0.29) is 5.91 Å². The lowest BCUT2D eigenvalue weighted by Crippen LogP contribution is -2.41. The Hall–Kier alpha value is -1.79. The van der Waals surface area contributed by atoms with Crippen molar-refractivity contribution in [3.8, 4) is 5.75 Å². The van der Waals surface area contributed by atoms with Crippen LogP contribution in [0.25, 0.3) is 0 Å². The fourth-order valence-corrected chi connectivity index (χ4v) is 1.96. The molecule has 1 saturated heterocycles. The van der Waals surface area contributed by atoms with Gasteiger partial charge in [0, 0.05) is 24.8 Å². The van der Waals surface area contributed by atoms with E-state index in [0.717, 1.165) is 13.1 Å². The molecule has 6 nitrogen and oxygen atoms in total. The second-order valence-electron chi connectivity index (χ2n) is 4.40. The lowest BCUT2D eigenvalue weighted by atomic mass is 10.2. The molecule has 0 spiro atoms. The summed E-state index contributed by atoms with van der Waals surface area (Å²) in [6.45, 7) is 3.28. The van der Waals surface area contributed by atoms with Crippen molar-refractivity contribution in [3.05, 3.63) is 18.2 Å². The first-order valence-electron chi connectivity index (χ1n) is 6.22. The van der Waals surface area contributed by atoms with Gasteiger partial charge in [0.1, 0.15) is 5.75 Å². The molecule has 0 unspecified atom stereocenters. The summed E-state index contributed by atoms with van der Waals surface area (Å²) >= 11 is 0. The van der Waals surface area contributed by atoms with Crippen LogP contribution < -0.4 is 15.8 Å². The van der Waals surface area contributed by atoms with Crippen LogP contribution in [0.4, 0.5) is 11.4 Å². The number of nitrogens with zero attached hydrogens (tertiary/aromatic N) is 1. The molecule has 1 aliphatic rings. The van der Waals surface area contributed by atoms with Crippen LogP contribution in [0.15, 0.2) is 18.2 Å². The van der Waals surface area contributed by atoms with Gasteiger partial charge in [-0.1, -0.05) is 0 Å². The molecule has 6 heteroatoms. The number of hydrogen-bond donors (Lipinski definition) is 2. The molecule has 19 heavy (non-hydrogen) atoms. The van der Waals surface area contributed by atoms with Crippen molar-refractivity contribution >= 4 is 17.3 Å². The Morgan fingerprint density at radius 3 is 2.89 bits per heavy atom. The van der Waals surface area contributed by atoms with Crippen molar-refractivity contribution in [1.29, 1.82) is 0 Å². The minimum atomic E-state index is -0.0648. The summed E-state index contributed by atoms with van der Waals surface area (Å²) in [5.74, 6) is 0.500. The number of nitrogens with one attached hydrogen (secondary N) is 1.